The van der Waals surface area contributed by atoms with Crippen LogP contribution >= 0.6 is 0 Å². The maximum absolute atomic E-state index is 3.76. The van der Waals surface area contributed by atoms with E-state index in [2.05, 4.69) is 37.8 Å². The average molecular weight is 347 g/mol. The number of unbranched alkanes of at least 4 members (excludes halogenated alkanes) is 15. The SMILES string of the molecule is C=CCCCC/C=C\CCCC/C=C\CCCCCCCCCCC. The Balaban J connectivity index is 3.13. The molecule has 0 spiro atoms. The Morgan fingerprint density at radius 1 is 0.440 bits per heavy atom. The van der Waals surface area contributed by atoms with Gasteiger partial charge in [-0.25, -0.2) is 0 Å². The van der Waals surface area contributed by atoms with Crippen LogP contribution in [0.15, 0.2) is 37.0 Å². The monoisotopic (exact) mass is 346 g/mol. The molecule has 0 heteroatoms. The molecular weight excluding hydrogens is 300 g/mol. The molecule has 0 atom stereocenters. The normalized spacial score (nSPS) is 11.7. The molecule has 0 bridgehead atoms. The van der Waals surface area contributed by atoms with Gasteiger partial charge in [-0.3, -0.25) is 0 Å². The third-order valence-electron chi connectivity index (χ3n) is 4.83. The number of hydrogen-bond donors (Lipinski definition) is 0. The largest absolute Gasteiger partial charge is 0.103 e. The summed E-state index contributed by atoms with van der Waals surface area (Å²) in [6.07, 6.45) is 36.0. The van der Waals surface area contributed by atoms with Crippen molar-refractivity contribution in [2.45, 2.75) is 122 Å². The lowest BCUT2D eigenvalue weighted by Crippen LogP contribution is -1.80. The molecular formula is C25H46. The first-order valence-electron chi connectivity index (χ1n) is 11.3. The summed E-state index contributed by atoms with van der Waals surface area (Å²) >= 11 is 0. The predicted octanol–water partition coefficient (Wildman–Crippen LogP) is 9.33. The second kappa shape index (κ2) is 23.2. The van der Waals surface area contributed by atoms with Crippen molar-refractivity contribution in [3.63, 3.8) is 0 Å². The first-order valence-corrected chi connectivity index (χ1v) is 11.3. The highest BCUT2D eigenvalue weighted by atomic mass is 14.0. The first kappa shape index (κ1) is 24.2. The van der Waals surface area contributed by atoms with Gasteiger partial charge in [-0.2, -0.15) is 0 Å². The van der Waals surface area contributed by atoms with Crippen LogP contribution in [0.3, 0.4) is 0 Å². The van der Waals surface area contributed by atoms with Crippen molar-refractivity contribution < 1.29 is 0 Å². The van der Waals surface area contributed by atoms with E-state index in [1.165, 1.54) is 116 Å². The summed E-state index contributed by atoms with van der Waals surface area (Å²) in [5, 5.41) is 0. The van der Waals surface area contributed by atoms with E-state index in [-0.39, 0.29) is 0 Å². The lowest BCUT2D eigenvalue weighted by atomic mass is 10.1. The predicted molar refractivity (Wildman–Crippen MR) is 117 cm³/mol. The quantitative estimate of drug-likeness (QED) is 0.152. The summed E-state index contributed by atoms with van der Waals surface area (Å²) in [5.74, 6) is 0. The minimum absolute atomic E-state index is 1.17. The molecule has 0 nitrogen and oxygen atoms in total. The molecule has 0 aliphatic rings. The second-order valence-electron chi connectivity index (χ2n) is 7.42. The summed E-state index contributed by atoms with van der Waals surface area (Å²) in [7, 11) is 0. The highest BCUT2D eigenvalue weighted by Gasteiger charge is 1.91. The van der Waals surface area contributed by atoms with Crippen molar-refractivity contribution in [1.29, 1.82) is 0 Å². The third kappa shape index (κ3) is 23.2. The molecule has 0 fully saturated rings. The Morgan fingerprint density at radius 3 is 1.16 bits per heavy atom. The molecule has 0 heterocycles. The molecule has 0 radical (unpaired) electrons. The van der Waals surface area contributed by atoms with Crippen LogP contribution in [0.5, 0.6) is 0 Å². The maximum atomic E-state index is 3.76. The second-order valence-corrected chi connectivity index (χ2v) is 7.42. The molecule has 0 unspecified atom stereocenters. The average Bonchev–Trinajstić information content (AvgIpc) is 2.63. The van der Waals surface area contributed by atoms with Gasteiger partial charge >= 0.3 is 0 Å². The van der Waals surface area contributed by atoms with Crippen LogP contribution < -0.4 is 0 Å². The third-order valence-corrected chi connectivity index (χ3v) is 4.83. The van der Waals surface area contributed by atoms with E-state index in [9.17, 15) is 0 Å². The Bertz CT molecular complexity index is 297. The number of allylic oxidation sites excluding steroid dienone is 5. The van der Waals surface area contributed by atoms with Gasteiger partial charge in [0, 0.05) is 0 Å². The summed E-state index contributed by atoms with van der Waals surface area (Å²) in [6, 6.07) is 0. The summed E-state index contributed by atoms with van der Waals surface area (Å²) in [5.41, 5.74) is 0. The van der Waals surface area contributed by atoms with E-state index in [1.54, 1.807) is 0 Å². The van der Waals surface area contributed by atoms with Gasteiger partial charge in [-0.05, 0) is 64.2 Å². The van der Waals surface area contributed by atoms with Crippen LogP contribution in [-0.4, -0.2) is 0 Å². The fraction of sp³-hybridized carbons (Fsp3) is 0.760. The Kier molecular flexibility index (Phi) is 22.5. The van der Waals surface area contributed by atoms with Crippen molar-refractivity contribution in [2.75, 3.05) is 0 Å². The van der Waals surface area contributed by atoms with Crippen LogP contribution in [-0.2, 0) is 0 Å². The van der Waals surface area contributed by atoms with Crippen molar-refractivity contribution in [3.8, 4) is 0 Å². The highest BCUT2D eigenvalue weighted by molar-refractivity contribution is 4.84. The van der Waals surface area contributed by atoms with E-state index in [1.807, 2.05) is 6.08 Å². The summed E-state index contributed by atoms with van der Waals surface area (Å²) in [6.45, 7) is 6.05. The maximum Gasteiger partial charge on any atom is -0.0351 e. The molecule has 146 valence electrons. The van der Waals surface area contributed by atoms with Crippen LogP contribution in [0.4, 0.5) is 0 Å². The van der Waals surface area contributed by atoms with Crippen molar-refractivity contribution in [2.24, 2.45) is 0 Å². The standard InChI is InChI=1S/C25H46/c1-3-5-7-9-11-13-15-17-19-21-23-25-24-22-20-18-16-14-12-10-8-6-4-2/h3,13,15,24-25H,1,4-12,14,16-23H2,2H3/b15-13-,25-24-. The van der Waals surface area contributed by atoms with E-state index >= 15 is 0 Å². The van der Waals surface area contributed by atoms with Gasteiger partial charge in [0.15, 0.2) is 0 Å². The molecule has 0 aromatic carbocycles. The zero-order chi connectivity index (χ0) is 18.3. The Hall–Kier alpha value is -0.780. The van der Waals surface area contributed by atoms with Crippen LogP contribution in [0, 0.1) is 0 Å². The van der Waals surface area contributed by atoms with Crippen LogP contribution in [0.1, 0.15) is 122 Å². The van der Waals surface area contributed by atoms with Gasteiger partial charge < -0.3 is 0 Å². The molecule has 0 aromatic heterocycles. The van der Waals surface area contributed by atoms with Crippen molar-refractivity contribution in [1.82, 2.24) is 0 Å². The fourth-order valence-corrected chi connectivity index (χ4v) is 3.12. The van der Waals surface area contributed by atoms with Crippen molar-refractivity contribution in [3.05, 3.63) is 37.0 Å². The topological polar surface area (TPSA) is 0 Å². The first-order chi connectivity index (χ1) is 12.4. The molecule has 25 heavy (non-hydrogen) atoms. The summed E-state index contributed by atoms with van der Waals surface area (Å²) < 4.78 is 0. The zero-order valence-electron chi connectivity index (χ0n) is 17.3. The lowest BCUT2D eigenvalue weighted by molar-refractivity contribution is 0.566. The number of hydrogen-bond acceptors (Lipinski definition) is 0. The van der Waals surface area contributed by atoms with Gasteiger partial charge in [0.25, 0.3) is 0 Å². The molecule has 0 saturated carbocycles. The van der Waals surface area contributed by atoms with Gasteiger partial charge in [0.05, 0.1) is 0 Å². The van der Waals surface area contributed by atoms with E-state index in [4.69, 9.17) is 0 Å². The minimum atomic E-state index is 1.17. The molecule has 0 aliphatic carbocycles. The number of rotatable bonds is 20. The Labute approximate surface area is 159 Å². The molecule has 0 N–H and O–H groups in total. The van der Waals surface area contributed by atoms with Crippen molar-refractivity contribution >= 4 is 0 Å². The van der Waals surface area contributed by atoms with E-state index in [0.717, 1.165) is 0 Å². The zero-order valence-corrected chi connectivity index (χ0v) is 17.3. The van der Waals surface area contributed by atoms with Gasteiger partial charge in [-0.15, -0.1) is 6.58 Å². The van der Waals surface area contributed by atoms with Gasteiger partial charge in [-0.1, -0.05) is 88.7 Å². The molecule has 0 rings (SSSR count). The van der Waals surface area contributed by atoms with E-state index in [0.29, 0.717) is 0 Å². The molecule has 0 aliphatic heterocycles. The Morgan fingerprint density at radius 2 is 0.760 bits per heavy atom. The molecule has 0 amide bonds. The molecule has 0 aromatic rings. The van der Waals surface area contributed by atoms with Crippen LogP contribution in [0.2, 0.25) is 0 Å². The van der Waals surface area contributed by atoms with Gasteiger partial charge in [0.2, 0.25) is 0 Å². The fourth-order valence-electron chi connectivity index (χ4n) is 3.12. The smallest absolute Gasteiger partial charge is 0.0351 e. The lowest BCUT2D eigenvalue weighted by Gasteiger charge is -2.00. The molecule has 0 saturated heterocycles. The van der Waals surface area contributed by atoms with Gasteiger partial charge in [0.1, 0.15) is 0 Å². The summed E-state index contributed by atoms with van der Waals surface area (Å²) in [4.78, 5) is 0. The van der Waals surface area contributed by atoms with Crippen LogP contribution in [0.25, 0.3) is 0 Å². The minimum Gasteiger partial charge on any atom is -0.103 e. The van der Waals surface area contributed by atoms with E-state index < -0.39 is 0 Å². The highest BCUT2D eigenvalue weighted by Crippen LogP contribution is 2.11.